The SMILES string of the molecule is O=C(Nc1sc2c(c1C(=O)O)CCC2)c1ccc(Cl)cn1. The van der Waals surface area contributed by atoms with Gasteiger partial charge in [-0.2, -0.15) is 0 Å². The van der Waals surface area contributed by atoms with E-state index in [4.69, 9.17) is 11.6 Å². The van der Waals surface area contributed by atoms with Gasteiger partial charge in [-0.05, 0) is 37.0 Å². The zero-order valence-corrected chi connectivity index (χ0v) is 12.4. The molecule has 0 fully saturated rings. The zero-order valence-electron chi connectivity index (χ0n) is 10.9. The summed E-state index contributed by atoms with van der Waals surface area (Å²) in [7, 11) is 0. The predicted octanol–water partition coefficient (Wildman–Crippen LogP) is 3.24. The zero-order chi connectivity index (χ0) is 15.0. The summed E-state index contributed by atoms with van der Waals surface area (Å²) in [6.45, 7) is 0. The van der Waals surface area contributed by atoms with E-state index in [0.29, 0.717) is 10.0 Å². The molecule has 1 aliphatic carbocycles. The van der Waals surface area contributed by atoms with E-state index < -0.39 is 11.9 Å². The second-order valence-electron chi connectivity index (χ2n) is 4.68. The van der Waals surface area contributed by atoms with Gasteiger partial charge in [0.2, 0.25) is 0 Å². The summed E-state index contributed by atoms with van der Waals surface area (Å²) in [6.07, 6.45) is 3.97. The van der Waals surface area contributed by atoms with Crippen molar-refractivity contribution < 1.29 is 14.7 Å². The lowest BCUT2D eigenvalue weighted by Gasteiger charge is -2.05. The molecule has 0 aromatic carbocycles. The fraction of sp³-hybridized carbons (Fsp3) is 0.214. The van der Waals surface area contributed by atoms with Crippen LogP contribution in [-0.4, -0.2) is 22.0 Å². The molecular formula is C14H11ClN2O3S. The van der Waals surface area contributed by atoms with Crippen molar-refractivity contribution in [2.45, 2.75) is 19.3 Å². The van der Waals surface area contributed by atoms with Gasteiger partial charge in [0, 0.05) is 11.1 Å². The number of aromatic carboxylic acids is 1. The number of rotatable bonds is 3. The Hall–Kier alpha value is -1.92. The first-order chi connectivity index (χ1) is 10.1. The molecule has 0 atom stereocenters. The number of thiophene rings is 1. The number of anilines is 1. The second kappa shape index (κ2) is 5.46. The molecule has 0 unspecified atom stereocenters. The van der Waals surface area contributed by atoms with Crippen LogP contribution in [0.2, 0.25) is 5.02 Å². The number of nitrogens with zero attached hydrogens (tertiary/aromatic N) is 1. The van der Waals surface area contributed by atoms with Crippen molar-refractivity contribution in [2.75, 3.05) is 5.32 Å². The lowest BCUT2D eigenvalue weighted by Crippen LogP contribution is -2.15. The van der Waals surface area contributed by atoms with Crippen LogP contribution in [0.3, 0.4) is 0 Å². The molecule has 5 nitrogen and oxygen atoms in total. The van der Waals surface area contributed by atoms with Gasteiger partial charge in [0.15, 0.2) is 0 Å². The van der Waals surface area contributed by atoms with Crippen LogP contribution >= 0.6 is 22.9 Å². The van der Waals surface area contributed by atoms with Crippen molar-refractivity contribution in [1.29, 1.82) is 0 Å². The van der Waals surface area contributed by atoms with Crippen LogP contribution in [0.25, 0.3) is 0 Å². The smallest absolute Gasteiger partial charge is 0.339 e. The van der Waals surface area contributed by atoms with Gasteiger partial charge in [-0.15, -0.1) is 11.3 Å². The molecule has 2 aromatic rings. The first kappa shape index (κ1) is 14.0. The fourth-order valence-electron chi connectivity index (χ4n) is 2.40. The van der Waals surface area contributed by atoms with Crippen LogP contribution in [0.15, 0.2) is 18.3 Å². The highest BCUT2D eigenvalue weighted by molar-refractivity contribution is 7.17. The average molecular weight is 323 g/mol. The number of aromatic nitrogens is 1. The second-order valence-corrected chi connectivity index (χ2v) is 6.22. The first-order valence-electron chi connectivity index (χ1n) is 6.37. The van der Waals surface area contributed by atoms with Gasteiger partial charge in [0.1, 0.15) is 10.7 Å². The largest absolute Gasteiger partial charge is 0.478 e. The Labute approximate surface area is 129 Å². The van der Waals surface area contributed by atoms with Gasteiger partial charge in [0.25, 0.3) is 5.91 Å². The standard InChI is InChI=1S/C14H11ClN2O3S/c15-7-4-5-9(16-6-7)12(18)17-13-11(14(19)20)8-2-1-3-10(8)21-13/h4-6H,1-3H2,(H,17,18)(H,19,20). The Balaban J connectivity index is 1.90. The molecule has 0 bridgehead atoms. The van der Waals surface area contributed by atoms with E-state index in [1.807, 2.05) is 0 Å². The number of hydrogen-bond acceptors (Lipinski definition) is 4. The van der Waals surface area contributed by atoms with Crippen molar-refractivity contribution in [3.63, 3.8) is 0 Å². The van der Waals surface area contributed by atoms with Crippen LogP contribution in [0.1, 0.15) is 37.7 Å². The summed E-state index contributed by atoms with van der Waals surface area (Å²) in [5.41, 5.74) is 1.27. The number of carbonyl (C=O) groups is 2. The Morgan fingerprint density at radius 2 is 2.14 bits per heavy atom. The van der Waals surface area contributed by atoms with E-state index in [1.165, 1.54) is 23.6 Å². The third-order valence-corrected chi connectivity index (χ3v) is 4.75. The summed E-state index contributed by atoms with van der Waals surface area (Å²) < 4.78 is 0. The molecule has 21 heavy (non-hydrogen) atoms. The number of aryl methyl sites for hydroxylation is 1. The summed E-state index contributed by atoms with van der Waals surface area (Å²) in [6, 6.07) is 3.06. The van der Waals surface area contributed by atoms with Crippen LogP contribution in [-0.2, 0) is 12.8 Å². The molecule has 2 heterocycles. The predicted molar refractivity (Wildman–Crippen MR) is 80.5 cm³/mol. The third kappa shape index (κ3) is 2.64. The number of carboxylic acids is 1. The molecule has 108 valence electrons. The quantitative estimate of drug-likeness (QED) is 0.909. The highest BCUT2D eigenvalue weighted by atomic mass is 35.5. The summed E-state index contributed by atoms with van der Waals surface area (Å²) in [4.78, 5) is 28.5. The monoisotopic (exact) mass is 322 g/mol. The highest BCUT2D eigenvalue weighted by Gasteiger charge is 2.27. The van der Waals surface area contributed by atoms with Crippen molar-refractivity contribution >= 4 is 39.8 Å². The van der Waals surface area contributed by atoms with Crippen LogP contribution in [0, 0.1) is 0 Å². The number of carboxylic acid groups (broad SMARTS) is 1. The molecule has 0 radical (unpaired) electrons. The molecule has 3 rings (SSSR count). The number of amides is 1. The summed E-state index contributed by atoms with van der Waals surface area (Å²) in [5, 5.41) is 12.8. The van der Waals surface area contributed by atoms with E-state index >= 15 is 0 Å². The fourth-order valence-corrected chi connectivity index (χ4v) is 3.78. The number of pyridine rings is 1. The molecule has 2 aromatic heterocycles. The maximum atomic E-state index is 12.1. The molecule has 2 N–H and O–H groups in total. The van der Waals surface area contributed by atoms with Gasteiger partial charge in [-0.25, -0.2) is 9.78 Å². The van der Waals surface area contributed by atoms with E-state index in [9.17, 15) is 14.7 Å². The van der Waals surface area contributed by atoms with Gasteiger partial charge in [0.05, 0.1) is 10.6 Å². The van der Waals surface area contributed by atoms with E-state index in [1.54, 1.807) is 6.07 Å². The topological polar surface area (TPSA) is 79.3 Å². The molecule has 0 spiro atoms. The van der Waals surface area contributed by atoms with Gasteiger partial charge in [-0.3, -0.25) is 4.79 Å². The first-order valence-corrected chi connectivity index (χ1v) is 7.56. The van der Waals surface area contributed by atoms with E-state index in [-0.39, 0.29) is 11.3 Å². The number of halogens is 1. The van der Waals surface area contributed by atoms with Gasteiger partial charge >= 0.3 is 5.97 Å². The number of fused-ring (bicyclic) bond motifs is 1. The summed E-state index contributed by atoms with van der Waals surface area (Å²) in [5.74, 6) is -1.44. The Morgan fingerprint density at radius 1 is 1.33 bits per heavy atom. The maximum Gasteiger partial charge on any atom is 0.339 e. The lowest BCUT2D eigenvalue weighted by molar-refractivity contribution is 0.0697. The normalized spacial score (nSPS) is 13.0. The maximum absolute atomic E-state index is 12.1. The van der Waals surface area contributed by atoms with Crippen molar-refractivity contribution in [1.82, 2.24) is 4.98 Å². The van der Waals surface area contributed by atoms with Crippen LogP contribution in [0.4, 0.5) is 5.00 Å². The molecule has 0 saturated carbocycles. The molecule has 1 aliphatic rings. The molecule has 0 saturated heterocycles. The molecule has 0 aliphatic heterocycles. The minimum Gasteiger partial charge on any atom is -0.478 e. The molecule has 7 heteroatoms. The molecule has 1 amide bonds. The highest BCUT2D eigenvalue weighted by Crippen LogP contribution is 2.39. The Morgan fingerprint density at radius 3 is 2.81 bits per heavy atom. The van der Waals surface area contributed by atoms with Crippen molar-refractivity contribution in [3.8, 4) is 0 Å². The minimum absolute atomic E-state index is 0.198. The number of carbonyl (C=O) groups excluding carboxylic acids is 1. The van der Waals surface area contributed by atoms with Crippen molar-refractivity contribution in [3.05, 3.63) is 45.1 Å². The van der Waals surface area contributed by atoms with Gasteiger partial charge < -0.3 is 10.4 Å². The number of hydrogen-bond donors (Lipinski definition) is 2. The third-order valence-electron chi connectivity index (χ3n) is 3.32. The lowest BCUT2D eigenvalue weighted by atomic mass is 10.1. The minimum atomic E-state index is -1.01. The average Bonchev–Trinajstić information content (AvgIpc) is 2.98. The Bertz CT molecular complexity index is 725. The molecular weight excluding hydrogens is 312 g/mol. The van der Waals surface area contributed by atoms with Crippen molar-refractivity contribution in [2.24, 2.45) is 0 Å². The Kier molecular flexibility index (Phi) is 3.65. The van der Waals surface area contributed by atoms with Crippen LogP contribution < -0.4 is 5.32 Å². The number of nitrogens with one attached hydrogen (secondary N) is 1. The van der Waals surface area contributed by atoms with Gasteiger partial charge in [-0.1, -0.05) is 11.6 Å². The van der Waals surface area contributed by atoms with Crippen LogP contribution in [0.5, 0.6) is 0 Å². The van der Waals surface area contributed by atoms with E-state index in [2.05, 4.69) is 10.3 Å². The van der Waals surface area contributed by atoms with E-state index in [0.717, 1.165) is 29.7 Å². The summed E-state index contributed by atoms with van der Waals surface area (Å²) >= 11 is 7.06.